The molecule has 1 aromatic heterocycles. The van der Waals surface area contributed by atoms with Crippen molar-refractivity contribution in [2.24, 2.45) is 13.0 Å². The molecule has 0 spiro atoms. The lowest BCUT2D eigenvalue weighted by Crippen LogP contribution is -2.30. The summed E-state index contributed by atoms with van der Waals surface area (Å²) in [5, 5.41) is 4.26. The average molecular weight is 340 g/mol. The van der Waals surface area contributed by atoms with Crippen LogP contribution in [0.4, 0.5) is 5.82 Å². The third-order valence-corrected chi connectivity index (χ3v) is 5.22. The van der Waals surface area contributed by atoms with E-state index in [1.807, 2.05) is 11.8 Å². The second-order valence-corrected chi connectivity index (χ2v) is 7.48. The van der Waals surface area contributed by atoms with E-state index in [1.165, 1.54) is 11.1 Å². The number of rotatable bonds is 4. The van der Waals surface area contributed by atoms with Crippen molar-refractivity contribution in [3.63, 3.8) is 0 Å². The van der Waals surface area contributed by atoms with Crippen molar-refractivity contribution < 1.29 is 4.79 Å². The van der Waals surface area contributed by atoms with Crippen LogP contribution in [0.25, 0.3) is 0 Å². The molecule has 1 fully saturated rings. The van der Waals surface area contributed by atoms with Gasteiger partial charge in [-0.2, -0.15) is 5.10 Å². The third kappa shape index (κ3) is 3.55. The minimum atomic E-state index is 0.0146. The highest BCUT2D eigenvalue weighted by Gasteiger charge is 2.30. The number of carbonyl (C=O) groups excluding carboxylic acids is 1. The van der Waals surface area contributed by atoms with E-state index in [0.717, 1.165) is 25.9 Å². The van der Waals surface area contributed by atoms with Gasteiger partial charge in [-0.15, -0.1) is 0 Å². The monoisotopic (exact) mass is 340 g/mol. The normalized spacial score (nSPS) is 17.5. The smallest absolute Gasteiger partial charge is 0.259 e. The van der Waals surface area contributed by atoms with Gasteiger partial charge in [0, 0.05) is 20.1 Å². The van der Waals surface area contributed by atoms with Gasteiger partial charge in [0.1, 0.15) is 11.4 Å². The minimum Gasteiger partial charge on any atom is -0.383 e. The molecule has 1 atom stereocenters. The van der Waals surface area contributed by atoms with Gasteiger partial charge in [-0.25, -0.2) is 0 Å². The van der Waals surface area contributed by atoms with Crippen molar-refractivity contribution >= 4 is 11.7 Å². The Morgan fingerprint density at radius 1 is 1.32 bits per heavy atom. The molecule has 5 nitrogen and oxygen atoms in total. The van der Waals surface area contributed by atoms with Gasteiger partial charge in [0.05, 0.1) is 5.69 Å². The summed E-state index contributed by atoms with van der Waals surface area (Å²) in [5.41, 5.74) is 10.0. The standard InChI is InChI=1S/C20H28N4O/c1-13(2)17-7-5-15(6-8-17)11-16-9-10-24(12-16)20(25)18-14(3)22-23(4)19(18)21/h5-8,13,16H,9-12,21H2,1-4H3/t16-/m1/s1. The first kappa shape index (κ1) is 17.5. The Labute approximate surface area is 149 Å². The van der Waals surface area contributed by atoms with Crippen molar-refractivity contribution in [3.8, 4) is 0 Å². The van der Waals surface area contributed by atoms with Crippen LogP contribution in [0.15, 0.2) is 24.3 Å². The Kier molecular flexibility index (Phi) is 4.84. The molecule has 1 saturated heterocycles. The van der Waals surface area contributed by atoms with Gasteiger partial charge in [-0.05, 0) is 42.7 Å². The maximum absolute atomic E-state index is 12.8. The van der Waals surface area contributed by atoms with Crippen LogP contribution in [0.3, 0.4) is 0 Å². The number of aromatic nitrogens is 2. The largest absolute Gasteiger partial charge is 0.383 e. The van der Waals surface area contributed by atoms with Crippen LogP contribution in [0, 0.1) is 12.8 Å². The van der Waals surface area contributed by atoms with Gasteiger partial charge in [0.25, 0.3) is 5.91 Å². The third-order valence-electron chi connectivity index (χ3n) is 5.22. The van der Waals surface area contributed by atoms with E-state index >= 15 is 0 Å². The fourth-order valence-corrected chi connectivity index (χ4v) is 3.65. The summed E-state index contributed by atoms with van der Waals surface area (Å²) in [6.07, 6.45) is 2.06. The Hall–Kier alpha value is -2.30. The topological polar surface area (TPSA) is 64.2 Å². The van der Waals surface area contributed by atoms with Crippen molar-refractivity contribution in [1.29, 1.82) is 0 Å². The molecule has 1 aliphatic rings. The number of amides is 1. The molecule has 0 unspecified atom stereocenters. The number of hydrogen-bond donors (Lipinski definition) is 1. The molecule has 0 saturated carbocycles. The summed E-state index contributed by atoms with van der Waals surface area (Å²) in [7, 11) is 1.77. The number of benzene rings is 1. The minimum absolute atomic E-state index is 0.0146. The molecule has 134 valence electrons. The summed E-state index contributed by atoms with van der Waals surface area (Å²) in [5.74, 6) is 1.53. The highest BCUT2D eigenvalue weighted by atomic mass is 16.2. The van der Waals surface area contributed by atoms with Crippen molar-refractivity contribution in [2.45, 2.75) is 39.5 Å². The first-order valence-corrected chi connectivity index (χ1v) is 9.04. The first-order chi connectivity index (χ1) is 11.9. The van der Waals surface area contributed by atoms with Crippen LogP contribution in [0.5, 0.6) is 0 Å². The summed E-state index contributed by atoms with van der Waals surface area (Å²) >= 11 is 0. The van der Waals surface area contributed by atoms with Crippen LogP contribution in [0.2, 0.25) is 0 Å². The zero-order valence-electron chi connectivity index (χ0n) is 15.6. The molecule has 3 rings (SSSR count). The number of nitrogens with zero attached hydrogens (tertiary/aromatic N) is 3. The fraction of sp³-hybridized carbons (Fsp3) is 0.500. The molecular formula is C20H28N4O. The van der Waals surface area contributed by atoms with Gasteiger partial charge in [-0.1, -0.05) is 38.1 Å². The van der Waals surface area contributed by atoms with E-state index in [2.05, 4.69) is 43.2 Å². The molecule has 25 heavy (non-hydrogen) atoms. The lowest BCUT2D eigenvalue weighted by Gasteiger charge is -2.17. The van der Waals surface area contributed by atoms with E-state index in [4.69, 9.17) is 5.73 Å². The predicted molar refractivity (Wildman–Crippen MR) is 101 cm³/mol. The number of carbonyl (C=O) groups is 1. The number of nitrogen functional groups attached to an aromatic ring is 1. The molecule has 2 heterocycles. The SMILES string of the molecule is Cc1nn(C)c(N)c1C(=O)N1CC[C@H](Cc2ccc(C(C)C)cc2)C1. The highest BCUT2D eigenvalue weighted by molar-refractivity contribution is 5.99. The fourth-order valence-electron chi connectivity index (χ4n) is 3.65. The Morgan fingerprint density at radius 2 is 2.00 bits per heavy atom. The molecule has 2 aromatic rings. The molecule has 5 heteroatoms. The van der Waals surface area contributed by atoms with E-state index in [1.54, 1.807) is 11.7 Å². The van der Waals surface area contributed by atoms with Crippen LogP contribution < -0.4 is 5.73 Å². The summed E-state index contributed by atoms with van der Waals surface area (Å²) in [4.78, 5) is 14.7. The number of anilines is 1. The Morgan fingerprint density at radius 3 is 2.56 bits per heavy atom. The molecule has 1 aliphatic heterocycles. The Bertz CT molecular complexity index is 761. The lowest BCUT2D eigenvalue weighted by molar-refractivity contribution is 0.0787. The first-order valence-electron chi connectivity index (χ1n) is 9.04. The van der Waals surface area contributed by atoms with Crippen molar-refractivity contribution in [1.82, 2.24) is 14.7 Å². The predicted octanol–water partition coefficient (Wildman–Crippen LogP) is 3.14. The van der Waals surface area contributed by atoms with E-state index in [0.29, 0.717) is 28.9 Å². The van der Waals surface area contributed by atoms with E-state index < -0.39 is 0 Å². The van der Waals surface area contributed by atoms with Crippen LogP contribution in [-0.4, -0.2) is 33.7 Å². The van der Waals surface area contributed by atoms with E-state index in [9.17, 15) is 4.79 Å². The lowest BCUT2D eigenvalue weighted by atomic mass is 9.96. The zero-order chi connectivity index (χ0) is 18.1. The number of nitrogens with two attached hydrogens (primary N) is 1. The molecule has 0 radical (unpaired) electrons. The van der Waals surface area contributed by atoms with Gasteiger partial charge in [0.2, 0.25) is 0 Å². The summed E-state index contributed by atoms with van der Waals surface area (Å²) in [6.45, 7) is 7.84. The molecule has 1 aromatic carbocycles. The van der Waals surface area contributed by atoms with E-state index in [-0.39, 0.29) is 5.91 Å². The van der Waals surface area contributed by atoms with Gasteiger partial charge in [0.15, 0.2) is 0 Å². The maximum atomic E-state index is 12.8. The number of hydrogen-bond acceptors (Lipinski definition) is 3. The van der Waals surface area contributed by atoms with Gasteiger partial charge < -0.3 is 10.6 Å². The zero-order valence-corrected chi connectivity index (χ0v) is 15.6. The van der Waals surface area contributed by atoms with Gasteiger partial charge >= 0.3 is 0 Å². The summed E-state index contributed by atoms with van der Waals surface area (Å²) < 4.78 is 1.58. The van der Waals surface area contributed by atoms with Gasteiger partial charge in [-0.3, -0.25) is 9.48 Å². The van der Waals surface area contributed by atoms with Crippen molar-refractivity contribution in [2.75, 3.05) is 18.8 Å². The van der Waals surface area contributed by atoms with Crippen LogP contribution in [-0.2, 0) is 13.5 Å². The van der Waals surface area contributed by atoms with Crippen LogP contribution in [0.1, 0.15) is 53.4 Å². The second kappa shape index (κ2) is 6.90. The molecule has 0 aliphatic carbocycles. The second-order valence-electron chi connectivity index (χ2n) is 7.48. The maximum Gasteiger partial charge on any atom is 0.259 e. The summed E-state index contributed by atoms with van der Waals surface area (Å²) in [6, 6.07) is 8.89. The van der Waals surface area contributed by atoms with Crippen LogP contribution >= 0.6 is 0 Å². The Balaban J connectivity index is 1.64. The highest BCUT2D eigenvalue weighted by Crippen LogP contribution is 2.26. The number of aryl methyl sites for hydroxylation is 2. The molecule has 0 bridgehead atoms. The molecular weight excluding hydrogens is 312 g/mol. The quantitative estimate of drug-likeness (QED) is 0.930. The average Bonchev–Trinajstić information content (AvgIpc) is 3.12. The molecule has 1 amide bonds. The van der Waals surface area contributed by atoms with Crippen molar-refractivity contribution in [3.05, 3.63) is 46.6 Å². The molecule has 2 N–H and O–H groups in total. The number of likely N-dealkylation sites (tertiary alicyclic amines) is 1.